The summed E-state index contributed by atoms with van der Waals surface area (Å²) >= 11 is 4.94. The van der Waals surface area contributed by atoms with Crippen LogP contribution in [0.2, 0.25) is 0 Å². The summed E-state index contributed by atoms with van der Waals surface area (Å²) in [5.41, 5.74) is 3.38. The molecule has 1 aliphatic heterocycles. The van der Waals surface area contributed by atoms with Gasteiger partial charge in [-0.1, -0.05) is 33.2 Å². The number of nitrogens with one attached hydrogen (secondary N) is 1. The molecule has 0 bridgehead atoms. The number of halogens is 1. The largest absolute Gasteiger partial charge is 0.382 e. The highest BCUT2D eigenvalue weighted by atomic mass is 79.9. The van der Waals surface area contributed by atoms with Crippen LogP contribution in [0.15, 0.2) is 33.9 Å². The van der Waals surface area contributed by atoms with E-state index in [9.17, 15) is 10.1 Å². The lowest BCUT2D eigenvalue weighted by molar-refractivity contribution is -0.125. The van der Waals surface area contributed by atoms with Gasteiger partial charge in [0.15, 0.2) is 0 Å². The average molecular weight is 416 g/mol. The van der Waals surface area contributed by atoms with Gasteiger partial charge in [0, 0.05) is 21.3 Å². The van der Waals surface area contributed by atoms with Gasteiger partial charge in [0.25, 0.3) is 5.91 Å². The van der Waals surface area contributed by atoms with Gasteiger partial charge in [0.2, 0.25) is 6.10 Å². The first-order chi connectivity index (χ1) is 12.2. The molecule has 7 heteroatoms. The number of nitrogens with zero attached hydrogens (tertiary/aromatic N) is 2. The minimum atomic E-state index is -0.669. The van der Waals surface area contributed by atoms with E-state index in [1.165, 1.54) is 16.2 Å². The van der Waals surface area contributed by atoms with Crippen molar-refractivity contribution < 1.29 is 9.63 Å². The van der Waals surface area contributed by atoms with Crippen LogP contribution < -0.4 is 5.32 Å². The van der Waals surface area contributed by atoms with Crippen molar-refractivity contribution in [3.63, 3.8) is 0 Å². The van der Waals surface area contributed by atoms with Crippen LogP contribution >= 0.6 is 27.3 Å². The van der Waals surface area contributed by atoms with Crippen LogP contribution in [-0.2, 0) is 22.5 Å². The van der Waals surface area contributed by atoms with Gasteiger partial charge in [-0.15, -0.1) is 11.3 Å². The molecule has 0 saturated carbocycles. The van der Waals surface area contributed by atoms with Crippen LogP contribution in [0.5, 0.6) is 0 Å². The third-order valence-electron chi connectivity index (χ3n) is 4.39. The Balaban J connectivity index is 1.46. The summed E-state index contributed by atoms with van der Waals surface area (Å²) < 4.78 is 0.951. The topological polar surface area (TPSA) is 74.5 Å². The predicted molar refractivity (Wildman–Crippen MR) is 99.9 cm³/mol. The average Bonchev–Trinajstić information content (AvgIpc) is 3.30. The number of carbonyl (C=O) groups is 1. The molecule has 1 atom stereocenters. The van der Waals surface area contributed by atoms with Crippen LogP contribution in [0.3, 0.4) is 0 Å². The summed E-state index contributed by atoms with van der Waals surface area (Å²) in [5.74, 6) is -0.259. The molecule has 2 heterocycles. The third kappa shape index (κ3) is 3.08. The molecular formula is C18H14BrN3O2S. The van der Waals surface area contributed by atoms with Crippen molar-refractivity contribution in [3.05, 3.63) is 50.3 Å². The summed E-state index contributed by atoms with van der Waals surface area (Å²) in [4.78, 5) is 19.1. The number of carbonyl (C=O) groups excluding carboxylic acids is 1. The molecule has 1 aromatic carbocycles. The van der Waals surface area contributed by atoms with E-state index in [-0.39, 0.29) is 5.91 Å². The van der Waals surface area contributed by atoms with Crippen molar-refractivity contribution in [2.24, 2.45) is 5.16 Å². The summed E-state index contributed by atoms with van der Waals surface area (Å²) in [5, 5.41) is 17.0. The van der Waals surface area contributed by atoms with Gasteiger partial charge in [-0.3, -0.25) is 4.79 Å². The van der Waals surface area contributed by atoms with Crippen molar-refractivity contribution in [2.75, 3.05) is 5.32 Å². The fourth-order valence-corrected chi connectivity index (χ4v) is 4.80. The Labute approximate surface area is 157 Å². The highest BCUT2D eigenvalue weighted by molar-refractivity contribution is 9.10. The Bertz CT molecular complexity index is 929. The highest BCUT2D eigenvalue weighted by Crippen LogP contribution is 2.38. The maximum absolute atomic E-state index is 12.5. The molecule has 2 aromatic rings. The van der Waals surface area contributed by atoms with E-state index >= 15 is 0 Å². The van der Waals surface area contributed by atoms with Gasteiger partial charge in [-0.25, -0.2) is 0 Å². The van der Waals surface area contributed by atoms with Crippen molar-refractivity contribution >= 4 is 43.9 Å². The Kier molecular flexibility index (Phi) is 4.32. The van der Waals surface area contributed by atoms with E-state index in [2.05, 4.69) is 32.5 Å². The standard InChI is InChI=1S/C18H14BrN3O2S/c19-11-4-1-3-10(7-11)14-8-15(24-22-14)17(23)21-18-13(9-20)12-5-2-6-16(12)25-18/h1,3-4,7,15H,2,5-6,8H2,(H,21,23). The number of amides is 1. The lowest BCUT2D eigenvalue weighted by Crippen LogP contribution is -2.28. The van der Waals surface area contributed by atoms with E-state index < -0.39 is 6.10 Å². The number of nitriles is 1. The predicted octanol–water partition coefficient (Wildman–Crippen LogP) is 4.00. The number of thiophene rings is 1. The third-order valence-corrected chi connectivity index (χ3v) is 6.09. The van der Waals surface area contributed by atoms with Crippen molar-refractivity contribution in [3.8, 4) is 6.07 Å². The smallest absolute Gasteiger partial charge is 0.269 e. The van der Waals surface area contributed by atoms with Gasteiger partial charge in [-0.05, 0) is 37.0 Å². The first-order valence-electron chi connectivity index (χ1n) is 8.00. The molecular weight excluding hydrogens is 402 g/mol. The number of anilines is 1. The van der Waals surface area contributed by atoms with Gasteiger partial charge < -0.3 is 10.2 Å². The molecule has 1 N–H and O–H groups in total. The fraction of sp³-hybridized carbons (Fsp3) is 0.278. The van der Waals surface area contributed by atoms with Crippen LogP contribution in [0, 0.1) is 11.3 Å². The molecule has 0 radical (unpaired) electrons. The normalized spacial score (nSPS) is 18.2. The van der Waals surface area contributed by atoms with E-state index in [1.807, 2.05) is 24.3 Å². The molecule has 0 spiro atoms. The monoisotopic (exact) mass is 415 g/mol. The Morgan fingerprint density at radius 1 is 1.44 bits per heavy atom. The lowest BCUT2D eigenvalue weighted by atomic mass is 10.0. The molecule has 1 aromatic heterocycles. The van der Waals surface area contributed by atoms with E-state index in [0.29, 0.717) is 17.0 Å². The fourth-order valence-electron chi connectivity index (χ4n) is 3.16. The quantitative estimate of drug-likeness (QED) is 0.822. The van der Waals surface area contributed by atoms with Gasteiger partial charge in [0.1, 0.15) is 11.1 Å². The SMILES string of the molecule is N#Cc1c(NC(=O)C2CC(c3cccc(Br)c3)=NO2)sc2c1CCC2. The number of fused-ring (bicyclic) bond motifs is 1. The van der Waals surface area contributed by atoms with Crippen molar-refractivity contribution in [1.82, 2.24) is 0 Å². The molecule has 0 fully saturated rings. The minimum Gasteiger partial charge on any atom is -0.382 e. The molecule has 5 nitrogen and oxygen atoms in total. The first kappa shape index (κ1) is 16.3. The highest BCUT2D eigenvalue weighted by Gasteiger charge is 2.31. The molecule has 25 heavy (non-hydrogen) atoms. The Morgan fingerprint density at radius 3 is 3.12 bits per heavy atom. The minimum absolute atomic E-state index is 0.259. The molecule has 1 aliphatic carbocycles. The van der Waals surface area contributed by atoms with Crippen LogP contribution in [0.4, 0.5) is 5.00 Å². The summed E-state index contributed by atoms with van der Waals surface area (Å²) in [7, 11) is 0. The van der Waals surface area contributed by atoms with E-state index in [0.717, 1.165) is 40.6 Å². The van der Waals surface area contributed by atoms with E-state index in [4.69, 9.17) is 4.84 Å². The van der Waals surface area contributed by atoms with Crippen LogP contribution in [-0.4, -0.2) is 17.7 Å². The zero-order valence-corrected chi connectivity index (χ0v) is 15.6. The van der Waals surface area contributed by atoms with Crippen LogP contribution in [0.1, 0.15) is 34.4 Å². The second-order valence-electron chi connectivity index (χ2n) is 6.01. The zero-order chi connectivity index (χ0) is 17.4. The molecule has 126 valence electrons. The van der Waals surface area contributed by atoms with Crippen LogP contribution in [0.25, 0.3) is 0 Å². The maximum atomic E-state index is 12.5. The Morgan fingerprint density at radius 2 is 2.32 bits per heavy atom. The molecule has 0 saturated heterocycles. The number of hydrogen-bond acceptors (Lipinski definition) is 5. The number of aryl methyl sites for hydroxylation is 1. The number of oxime groups is 1. The maximum Gasteiger partial charge on any atom is 0.269 e. The Hall–Kier alpha value is -2.17. The molecule has 2 aliphatic rings. The number of benzene rings is 1. The summed E-state index contributed by atoms with van der Waals surface area (Å²) in [6.07, 6.45) is 2.73. The molecule has 4 rings (SSSR count). The first-order valence-corrected chi connectivity index (χ1v) is 9.61. The van der Waals surface area contributed by atoms with Gasteiger partial charge in [0.05, 0.1) is 11.3 Å². The molecule has 1 amide bonds. The van der Waals surface area contributed by atoms with Crippen molar-refractivity contribution in [2.45, 2.75) is 31.8 Å². The second kappa shape index (κ2) is 6.62. The molecule has 1 unspecified atom stereocenters. The lowest BCUT2D eigenvalue weighted by Gasteiger charge is -2.08. The summed E-state index contributed by atoms with van der Waals surface area (Å²) in [6, 6.07) is 9.97. The van der Waals surface area contributed by atoms with Crippen molar-refractivity contribution in [1.29, 1.82) is 5.26 Å². The number of hydrogen-bond donors (Lipinski definition) is 1. The van der Waals surface area contributed by atoms with Gasteiger partial charge in [-0.2, -0.15) is 5.26 Å². The summed E-state index contributed by atoms with van der Waals surface area (Å²) in [6.45, 7) is 0. The second-order valence-corrected chi connectivity index (χ2v) is 8.03. The van der Waals surface area contributed by atoms with Gasteiger partial charge >= 0.3 is 0 Å². The number of rotatable bonds is 3. The van der Waals surface area contributed by atoms with E-state index in [1.54, 1.807) is 0 Å². The zero-order valence-electron chi connectivity index (χ0n) is 13.2.